The molecular weight excluding hydrogens is 462 g/mol. The average molecular weight is 490 g/mol. The largest absolute Gasteiger partial charge is 0.461 e. The molecule has 0 saturated heterocycles. The van der Waals surface area contributed by atoms with E-state index in [1.165, 1.54) is 16.7 Å². The number of hydrogen-bond donors (Lipinski definition) is 1. The maximum absolute atomic E-state index is 13.1. The first kappa shape index (κ1) is 24.3. The number of benzene rings is 2. The fourth-order valence-electron chi connectivity index (χ4n) is 3.67. The van der Waals surface area contributed by atoms with E-state index >= 15 is 0 Å². The molecule has 4 aromatic rings. The van der Waals surface area contributed by atoms with Crippen molar-refractivity contribution in [2.45, 2.75) is 30.7 Å². The molecule has 0 aliphatic rings. The average Bonchev–Trinajstić information content (AvgIpc) is 3.54. The minimum atomic E-state index is -0.494. The van der Waals surface area contributed by atoms with E-state index in [1.807, 2.05) is 72.2 Å². The molecule has 0 saturated carbocycles. The molecule has 1 atom stereocenters. The molecule has 2 aromatic carbocycles. The van der Waals surface area contributed by atoms with E-state index in [1.54, 1.807) is 26.3 Å². The lowest BCUT2D eigenvalue weighted by atomic mass is 10.1. The number of aryl methyl sites for hydroxylation is 1. The maximum atomic E-state index is 13.1. The van der Waals surface area contributed by atoms with Crippen LogP contribution < -0.4 is 5.32 Å². The van der Waals surface area contributed by atoms with Crippen LogP contribution in [0.25, 0.3) is 17.3 Å². The Bertz CT molecular complexity index is 1290. The van der Waals surface area contributed by atoms with E-state index in [9.17, 15) is 9.59 Å². The molecular formula is C26H27N5O3S. The van der Waals surface area contributed by atoms with Crippen LogP contribution in [0.5, 0.6) is 0 Å². The quantitative estimate of drug-likeness (QED) is 0.344. The van der Waals surface area contributed by atoms with Crippen LogP contribution in [-0.4, -0.2) is 50.3 Å². The van der Waals surface area contributed by atoms with Gasteiger partial charge in [-0.05, 0) is 49.2 Å². The van der Waals surface area contributed by atoms with Crippen molar-refractivity contribution in [3.05, 3.63) is 78.6 Å². The number of carbonyl (C=O) groups is 2. The summed E-state index contributed by atoms with van der Waals surface area (Å²) in [5.74, 6) is 0.696. The van der Waals surface area contributed by atoms with E-state index in [-0.39, 0.29) is 18.4 Å². The zero-order valence-corrected chi connectivity index (χ0v) is 20.7. The van der Waals surface area contributed by atoms with Crippen molar-refractivity contribution in [2.75, 3.05) is 18.9 Å². The number of thioether (sulfide) groups is 1. The van der Waals surface area contributed by atoms with Crippen LogP contribution in [0.1, 0.15) is 19.4 Å². The highest BCUT2D eigenvalue weighted by molar-refractivity contribution is 8.00. The molecule has 35 heavy (non-hydrogen) atoms. The Hall–Kier alpha value is -3.85. The van der Waals surface area contributed by atoms with Gasteiger partial charge in [0.25, 0.3) is 0 Å². The Kier molecular flexibility index (Phi) is 7.67. The molecule has 0 bridgehead atoms. The van der Waals surface area contributed by atoms with Crippen LogP contribution in [0.2, 0.25) is 0 Å². The number of nitrogens with zero attached hydrogens (tertiary/aromatic N) is 4. The minimum absolute atomic E-state index is 0.0508. The normalized spacial score (nSPS) is 11.7. The third kappa shape index (κ3) is 5.63. The Labute approximate surface area is 208 Å². The van der Waals surface area contributed by atoms with E-state index < -0.39 is 5.25 Å². The topological polar surface area (TPSA) is 93.3 Å². The van der Waals surface area contributed by atoms with Crippen molar-refractivity contribution < 1.29 is 14.0 Å². The third-order valence-corrected chi connectivity index (χ3v) is 6.48. The van der Waals surface area contributed by atoms with Crippen LogP contribution in [-0.2, 0) is 16.0 Å². The van der Waals surface area contributed by atoms with E-state index in [2.05, 4.69) is 15.5 Å². The van der Waals surface area contributed by atoms with Gasteiger partial charge < -0.3 is 14.6 Å². The summed E-state index contributed by atoms with van der Waals surface area (Å²) in [6.07, 6.45) is 2.39. The molecule has 0 fully saturated rings. The number of rotatable bonds is 9. The Morgan fingerprint density at radius 2 is 1.80 bits per heavy atom. The molecule has 9 heteroatoms. The van der Waals surface area contributed by atoms with Gasteiger partial charge in [-0.25, -0.2) is 0 Å². The minimum Gasteiger partial charge on any atom is -0.461 e. The van der Waals surface area contributed by atoms with Crippen LogP contribution in [0.3, 0.4) is 0 Å². The van der Waals surface area contributed by atoms with Gasteiger partial charge in [0, 0.05) is 18.4 Å². The number of likely N-dealkylation sites (N-methyl/N-ethyl adjacent to an activating group) is 1. The second-order valence-electron chi connectivity index (χ2n) is 7.97. The van der Waals surface area contributed by atoms with E-state index in [4.69, 9.17) is 4.42 Å². The van der Waals surface area contributed by atoms with Crippen molar-refractivity contribution in [3.8, 4) is 17.3 Å². The van der Waals surface area contributed by atoms with Crippen LogP contribution in [0.4, 0.5) is 5.69 Å². The second-order valence-corrected chi connectivity index (χ2v) is 9.28. The number of carbonyl (C=O) groups excluding carboxylic acids is 2. The highest BCUT2D eigenvalue weighted by Crippen LogP contribution is 2.30. The molecule has 2 aromatic heterocycles. The third-order valence-electron chi connectivity index (χ3n) is 5.45. The zero-order valence-electron chi connectivity index (χ0n) is 19.8. The van der Waals surface area contributed by atoms with Gasteiger partial charge in [-0.1, -0.05) is 55.1 Å². The molecule has 0 spiro atoms. The van der Waals surface area contributed by atoms with Gasteiger partial charge in [0.1, 0.15) is 0 Å². The van der Waals surface area contributed by atoms with E-state index in [0.29, 0.717) is 16.7 Å². The van der Waals surface area contributed by atoms with Gasteiger partial charge in [-0.3, -0.25) is 14.2 Å². The maximum Gasteiger partial charge on any atom is 0.243 e. The number of aromatic nitrogens is 3. The summed E-state index contributed by atoms with van der Waals surface area (Å²) in [6, 6.07) is 20.9. The number of furan rings is 1. The Morgan fingerprint density at radius 3 is 2.51 bits per heavy atom. The predicted molar refractivity (Wildman–Crippen MR) is 136 cm³/mol. The fourth-order valence-corrected chi connectivity index (χ4v) is 4.66. The van der Waals surface area contributed by atoms with Gasteiger partial charge in [0.05, 0.1) is 18.1 Å². The number of para-hydroxylation sites is 2. The standard InChI is InChI=1S/C26H27N5O3S/c1-4-19-11-8-9-14-21(19)27-23(32)17-30(3)25(33)18(2)35-26-29-28-24(22-15-10-16-34-22)31(26)20-12-6-5-7-13-20/h5-16,18H,4,17H2,1-3H3,(H,27,32). The molecule has 1 unspecified atom stereocenters. The highest BCUT2D eigenvalue weighted by Gasteiger charge is 2.25. The number of amides is 2. The molecule has 0 aliphatic carbocycles. The van der Waals surface area contributed by atoms with Crippen molar-refractivity contribution >= 4 is 29.3 Å². The first-order valence-electron chi connectivity index (χ1n) is 11.3. The van der Waals surface area contributed by atoms with Gasteiger partial charge >= 0.3 is 0 Å². The molecule has 0 radical (unpaired) electrons. The molecule has 1 N–H and O–H groups in total. The van der Waals surface area contributed by atoms with Crippen molar-refractivity contribution in [1.29, 1.82) is 0 Å². The lowest BCUT2D eigenvalue weighted by molar-refractivity contribution is -0.132. The summed E-state index contributed by atoms with van der Waals surface area (Å²) in [6.45, 7) is 3.78. The smallest absolute Gasteiger partial charge is 0.243 e. The molecule has 4 rings (SSSR count). The summed E-state index contributed by atoms with van der Waals surface area (Å²) in [7, 11) is 1.63. The SMILES string of the molecule is CCc1ccccc1NC(=O)CN(C)C(=O)C(C)Sc1nnc(-c2ccco2)n1-c1ccccc1. The van der Waals surface area contributed by atoms with Gasteiger partial charge in [0.2, 0.25) is 17.6 Å². The monoisotopic (exact) mass is 489 g/mol. The van der Waals surface area contributed by atoms with Crippen LogP contribution in [0, 0.1) is 0 Å². The summed E-state index contributed by atoms with van der Waals surface area (Å²) in [5.41, 5.74) is 2.67. The molecule has 8 nitrogen and oxygen atoms in total. The van der Waals surface area contributed by atoms with Crippen molar-refractivity contribution in [2.24, 2.45) is 0 Å². The summed E-state index contributed by atoms with van der Waals surface area (Å²) in [4.78, 5) is 27.1. The predicted octanol–water partition coefficient (Wildman–Crippen LogP) is 4.67. The van der Waals surface area contributed by atoms with Crippen LogP contribution >= 0.6 is 11.8 Å². The first-order chi connectivity index (χ1) is 17.0. The van der Waals surface area contributed by atoms with E-state index in [0.717, 1.165) is 23.4 Å². The summed E-state index contributed by atoms with van der Waals surface area (Å²) < 4.78 is 7.41. The van der Waals surface area contributed by atoms with Crippen molar-refractivity contribution in [3.63, 3.8) is 0 Å². The van der Waals surface area contributed by atoms with Crippen LogP contribution in [0.15, 0.2) is 82.6 Å². The van der Waals surface area contributed by atoms with Crippen molar-refractivity contribution in [1.82, 2.24) is 19.7 Å². The molecule has 2 amide bonds. The first-order valence-corrected chi connectivity index (χ1v) is 12.2. The summed E-state index contributed by atoms with van der Waals surface area (Å²) >= 11 is 1.28. The Balaban J connectivity index is 1.47. The van der Waals surface area contributed by atoms with Gasteiger partial charge in [-0.2, -0.15) is 0 Å². The molecule has 2 heterocycles. The zero-order chi connectivity index (χ0) is 24.8. The lowest BCUT2D eigenvalue weighted by Gasteiger charge is -2.21. The molecule has 180 valence electrons. The second kappa shape index (κ2) is 11.1. The summed E-state index contributed by atoms with van der Waals surface area (Å²) in [5, 5.41) is 11.6. The fraction of sp³-hybridized carbons (Fsp3) is 0.231. The molecule has 0 aliphatic heterocycles. The van der Waals surface area contributed by atoms with Gasteiger partial charge in [0.15, 0.2) is 10.9 Å². The number of anilines is 1. The number of hydrogen-bond acceptors (Lipinski definition) is 6. The lowest BCUT2D eigenvalue weighted by Crippen LogP contribution is -2.39. The van der Waals surface area contributed by atoms with Gasteiger partial charge in [-0.15, -0.1) is 10.2 Å². The highest BCUT2D eigenvalue weighted by atomic mass is 32.2. The number of nitrogens with one attached hydrogen (secondary N) is 1. The Morgan fingerprint density at radius 1 is 1.06 bits per heavy atom.